The summed E-state index contributed by atoms with van der Waals surface area (Å²) in [5, 5.41) is 4.56. The molecule has 114 valence electrons. The van der Waals surface area contributed by atoms with Crippen molar-refractivity contribution in [2.75, 3.05) is 31.6 Å². The summed E-state index contributed by atoms with van der Waals surface area (Å²) in [7, 11) is 1.49. The molecule has 0 aromatic carbocycles. The summed E-state index contributed by atoms with van der Waals surface area (Å²) < 4.78 is 5.06. The van der Waals surface area contributed by atoms with Crippen LogP contribution in [0.4, 0.5) is 5.00 Å². The minimum atomic E-state index is -0.156. The van der Waals surface area contributed by atoms with Crippen LogP contribution in [0.5, 0.6) is 0 Å². The Balaban J connectivity index is 1.65. The molecule has 1 saturated heterocycles. The molecule has 0 amide bonds. The zero-order chi connectivity index (χ0) is 14.4. The molecule has 1 aromatic heterocycles. The van der Waals surface area contributed by atoms with Crippen LogP contribution >= 0.6 is 11.3 Å². The molecular formula is C16H22N2O2S. The first kappa shape index (κ1) is 13.6. The first-order chi connectivity index (χ1) is 10.2. The second kappa shape index (κ2) is 4.99. The van der Waals surface area contributed by atoms with E-state index in [0.717, 1.165) is 43.2 Å². The molecular weight excluding hydrogens is 284 g/mol. The van der Waals surface area contributed by atoms with E-state index in [4.69, 9.17) is 4.74 Å². The number of hydrogen-bond acceptors (Lipinski definition) is 5. The number of nitrogens with zero attached hydrogens (tertiary/aromatic N) is 1. The second-order valence-electron chi connectivity index (χ2n) is 6.67. The van der Waals surface area contributed by atoms with Crippen molar-refractivity contribution in [1.82, 2.24) is 5.32 Å². The van der Waals surface area contributed by atoms with Gasteiger partial charge in [-0.05, 0) is 31.4 Å². The van der Waals surface area contributed by atoms with Gasteiger partial charge in [0.1, 0.15) is 5.00 Å². The van der Waals surface area contributed by atoms with Crippen LogP contribution in [0.25, 0.3) is 0 Å². The normalized spacial score (nSPS) is 23.0. The zero-order valence-electron chi connectivity index (χ0n) is 12.5. The first-order valence-electron chi connectivity index (χ1n) is 7.91. The third kappa shape index (κ3) is 2.09. The first-order valence-corrected chi connectivity index (χ1v) is 8.73. The quantitative estimate of drug-likeness (QED) is 0.853. The standard InChI is InChI=1S/C16H22N2O2S/c1-20-15(19)13-11-4-7-17-8-12(11)21-14(13)18-9-16(10-18)5-2-3-6-16/h17H,2-10H2,1H3. The van der Waals surface area contributed by atoms with Crippen LogP contribution in [0.1, 0.15) is 46.5 Å². The van der Waals surface area contributed by atoms with Gasteiger partial charge in [-0.1, -0.05) is 12.8 Å². The van der Waals surface area contributed by atoms with Crippen molar-refractivity contribution in [3.05, 3.63) is 16.0 Å². The molecule has 0 bridgehead atoms. The lowest BCUT2D eigenvalue weighted by molar-refractivity contribution is 0.0599. The summed E-state index contributed by atoms with van der Waals surface area (Å²) >= 11 is 1.79. The number of anilines is 1. The Morgan fingerprint density at radius 2 is 2.10 bits per heavy atom. The monoisotopic (exact) mass is 306 g/mol. The number of ether oxygens (including phenoxy) is 1. The molecule has 1 spiro atoms. The number of esters is 1. The van der Waals surface area contributed by atoms with Gasteiger partial charge < -0.3 is 15.0 Å². The van der Waals surface area contributed by atoms with E-state index in [9.17, 15) is 4.79 Å². The highest BCUT2D eigenvalue weighted by Gasteiger charge is 2.46. The zero-order valence-corrected chi connectivity index (χ0v) is 13.4. The van der Waals surface area contributed by atoms with Gasteiger partial charge in [-0.3, -0.25) is 0 Å². The molecule has 1 saturated carbocycles. The molecule has 1 N–H and O–H groups in total. The summed E-state index contributed by atoms with van der Waals surface area (Å²) in [4.78, 5) is 16.0. The fourth-order valence-corrected chi connectivity index (χ4v) is 5.51. The van der Waals surface area contributed by atoms with Crippen molar-refractivity contribution in [3.8, 4) is 0 Å². The van der Waals surface area contributed by atoms with Gasteiger partial charge in [0.05, 0.1) is 12.7 Å². The summed E-state index contributed by atoms with van der Waals surface area (Å²) in [6, 6.07) is 0. The molecule has 3 heterocycles. The number of methoxy groups -OCH3 is 1. The highest BCUT2D eigenvalue weighted by atomic mass is 32.1. The van der Waals surface area contributed by atoms with E-state index in [-0.39, 0.29) is 5.97 Å². The summed E-state index contributed by atoms with van der Waals surface area (Å²) in [6.07, 6.45) is 6.42. The molecule has 0 atom stereocenters. The van der Waals surface area contributed by atoms with Crippen LogP contribution in [-0.4, -0.2) is 32.7 Å². The van der Waals surface area contributed by atoms with E-state index < -0.39 is 0 Å². The summed E-state index contributed by atoms with van der Waals surface area (Å²) in [5.41, 5.74) is 2.63. The molecule has 0 unspecified atom stereocenters. The van der Waals surface area contributed by atoms with Gasteiger partial charge in [0, 0.05) is 29.9 Å². The van der Waals surface area contributed by atoms with Gasteiger partial charge >= 0.3 is 5.97 Å². The number of rotatable bonds is 2. The van der Waals surface area contributed by atoms with Crippen molar-refractivity contribution in [2.24, 2.45) is 5.41 Å². The Morgan fingerprint density at radius 3 is 2.81 bits per heavy atom. The fraction of sp³-hybridized carbons (Fsp3) is 0.688. The van der Waals surface area contributed by atoms with E-state index in [0.29, 0.717) is 5.41 Å². The highest BCUT2D eigenvalue weighted by molar-refractivity contribution is 7.16. The molecule has 2 aliphatic heterocycles. The fourth-order valence-electron chi connectivity index (χ4n) is 4.20. The molecule has 3 aliphatic rings. The minimum absolute atomic E-state index is 0.156. The number of nitrogens with one attached hydrogen (secondary N) is 1. The smallest absolute Gasteiger partial charge is 0.341 e. The van der Waals surface area contributed by atoms with Gasteiger partial charge in [-0.25, -0.2) is 4.79 Å². The second-order valence-corrected chi connectivity index (χ2v) is 7.75. The van der Waals surface area contributed by atoms with Crippen molar-refractivity contribution in [1.29, 1.82) is 0 Å². The van der Waals surface area contributed by atoms with Crippen molar-refractivity contribution in [2.45, 2.75) is 38.6 Å². The van der Waals surface area contributed by atoms with Crippen LogP contribution < -0.4 is 10.2 Å². The largest absolute Gasteiger partial charge is 0.465 e. The summed E-state index contributed by atoms with van der Waals surface area (Å²) in [6.45, 7) is 4.10. The molecule has 4 rings (SSSR count). The Kier molecular flexibility index (Phi) is 3.23. The van der Waals surface area contributed by atoms with Crippen LogP contribution in [0.2, 0.25) is 0 Å². The van der Waals surface area contributed by atoms with Crippen molar-refractivity contribution >= 4 is 22.3 Å². The molecule has 4 nitrogen and oxygen atoms in total. The SMILES string of the molecule is COC(=O)c1c(N2CC3(CCCC3)C2)sc2c1CCNC2. The Morgan fingerprint density at radius 1 is 1.33 bits per heavy atom. The molecule has 21 heavy (non-hydrogen) atoms. The number of thiophene rings is 1. The highest BCUT2D eigenvalue weighted by Crippen LogP contribution is 2.50. The van der Waals surface area contributed by atoms with Gasteiger partial charge in [0.25, 0.3) is 0 Å². The number of hydrogen-bond donors (Lipinski definition) is 1. The average Bonchev–Trinajstić information content (AvgIpc) is 3.09. The maximum atomic E-state index is 12.3. The maximum absolute atomic E-state index is 12.3. The number of carbonyl (C=O) groups is 1. The van der Waals surface area contributed by atoms with Crippen molar-refractivity contribution < 1.29 is 9.53 Å². The molecule has 1 aliphatic carbocycles. The Hall–Kier alpha value is -1.07. The Bertz CT molecular complexity index is 567. The predicted molar refractivity (Wildman–Crippen MR) is 84.2 cm³/mol. The molecule has 0 radical (unpaired) electrons. The maximum Gasteiger partial charge on any atom is 0.341 e. The van der Waals surface area contributed by atoms with E-state index >= 15 is 0 Å². The number of carbonyl (C=O) groups excluding carboxylic acids is 1. The molecule has 2 fully saturated rings. The van der Waals surface area contributed by atoms with Gasteiger partial charge in [0.15, 0.2) is 0 Å². The van der Waals surface area contributed by atoms with E-state index in [1.165, 1.54) is 43.2 Å². The average molecular weight is 306 g/mol. The lowest BCUT2D eigenvalue weighted by Gasteiger charge is -2.49. The van der Waals surface area contributed by atoms with Crippen LogP contribution in [0.15, 0.2) is 0 Å². The predicted octanol–water partition coefficient (Wildman–Crippen LogP) is 2.56. The number of fused-ring (bicyclic) bond motifs is 1. The third-order valence-corrected chi connectivity index (χ3v) is 6.60. The summed E-state index contributed by atoms with van der Waals surface area (Å²) in [5.74, 6) is -0.156. The van der Waals surface area contributed by atoms with E-state index in [2.05, 4.69) is 10.2 Å². The van der Waals surface area contributed by atoms with E-state index in [1.807, 2.05) is 0 Å². The van der Waals surface area contributed by atoms with Gasteiger partial charge in [0.2, 0.25) is 0 Å². The topological polar surface area (TPSA) is 41.6 Å². The van der Waals surface area contributed by atoms with Crippen LogP contribution in [0, 0.1) is 5.41 Å². The molecule has 1 aromatic rings. The van der Waals surface area contributed by atoms with Gasteiger partial charge in [-0.2, -0.15) is 0 Å². The van der Waals surface area contributed by atoms with Crippen molar-refractivity contribution in [3.63, 3.8) is 0 Å². The van der Waals surface area contributed by atoms with Crippen LogP contribution in [-0.2, 0) is 17.7 Å². The molecule has 5 heteroatoms. The Labute approximate surface area is 129 Å². The third-order valence-electron chi connectivity index (χ3n) is 5.30. The lowest BCUT2D eigenvalue weighted by atomic mass is 9.78. The van der Waals surface area contributed by atoms with Crippen LogP contribution in [0.3, 0.4) is 0 Å². The van der Waals surface area contributed by atoms with Gasteiger partial charge in [-0.15, -0.1) is 11.3 Å². The lowest BCUT2D eigenvalue weighted by Crippen LogP contribution is -2.55. The minimum Gasteiger partial charge on any atom is -0.465 e. The van der Waals surface area contributed by atoms with E-state index in [1.54, 1.807) is 11.3 Å².